The Morgan fingerprint density at radius 2 is 1.19 bits per heavy atom. The molecule has 0 aromatic carbocycles. The van der Waals surface area contributed by atoms with Crippen molar-refractivity contribution in [2.75, 3.05) is 13.2 Å². The van der Waals surface area contributed by atoms with Gasteiger partial charge in [0.25, 0.3) is 0 Å². The van der Waals surface area contributed by atoms with E-state index in [1.165, 1.54) is 5.57 Å². The van der Waals surface area contributed by atoms with Gasteiger partial charge in [0.05, 0.1) is 24.7 Å². The Labute approximate surface area is 391 Å². The van der Waals surface area contributed by atoms with Crippen molar-refractivity contribution in [2.45, 2.75) is 211 Å². The van der Waals surface area contributed by atoms with Gasteiger partial charge in [-0.3, -0.25) is 4.79 Å². The molecule has 0 spiro atoms. The number of fused-ring (bicyclic) bond motifs is 7. The van der Waals surface area contributed by atoms with E-state index in [0.717, 1.165) is 38.5 Å². The summed E-state index contributed by atoms with van der Waals surface area (Å²) >= 11 is 0. The van der Waals surface area contributed by atoms with Crippen LogP contribution in [-0.4, -0.2) is 180 Å². The second-order valence-electron chi connectivity index (χ2n) is 23.5. The predicted molar refractivity (Wildman–Crippen MR) is 231 cm³/mol. The molecule has 0 radical (unpaired) electrons. The van der Waals surface area contributed by atoms with Gasteiger partial charge in [0.1, 0.15) is 67.1 Å². The number of rotatable bonds is 10. The summed E-state index contributed by atoms with van der Waals surface area (Å²) in [4.78, 5) is 26.0. The fourth-order valence-corrected chi connectivity index (χ4v) is 15.1. The van der Waals surface area contributed by atoms with Gasteiger partial charge in [0, 0.05) is 0 Å². The zero-order valence-corrected chi connectivity index (χ0v) is 39.7. The Hall–Kier alpha value is -1.92. The van der Waals surface area contributed by atoms with Crippen LogP contribution in [0.1, 0.15) is 113 Å². The predicted octanol–water partition coefficient (Wildman–Crippen LogP) is 0.799. The molecule has 0 bridgehead atoms. The third kappa shape index (κ3) is 8.06. The second-order valence-corrected chi connectivity index (χ2v) is 23.5. The van der Waals surface area contributed by atoms with Crippen LogP contribution in [0.3, 0.4) is 0 Å². The number of ether oxygens (including phenoxy) is 6. The molecular weight excluding hydrogens is 881 g/mol. The molecule has 3 heterocycles. The Balaban J connectivity index is 1.11. The molecular formula is C48H76O19. The molecule has 19 heteroatoms. The van der Waals surface area contributed by atoms with Crippen LogP contribution in [0.5, 0.6) is 0 Å². The van der Waals surface area contributed by atoms with Crippen molar-refractivity contribution in [3.63, 3.8) is 0 Å². The van der Waals surface area contributed by atoms with Crippen LogP contribution in [0, 0.1) is 50.2 Å². The molecule has 19 nitrogen and oxygen atoms in total. The smallest absolute Gasteiger partial charge is 0.335 e. The summed E-state index contributed by atoms with van der Waals surface area (Å²) in [5.74, 6) is -2.06. The lowest BCUT2D eigenvalue weighted by Gasteiger charge is -2.71. The van der Waals surface area contributed by atoms with Gasteiger partial charge in [-0.1, -0.05) is 60.1 Å². The van der Waals surface area contributed by atoms with Crippen molar-refractivity contribution in [2.24, 2.45) is 50.2 Å². The number of carbonyl (C=O) groups is 2. The van der Waals surface area contributed by atoms with Crippen LogP contribution in [0.4, 0.5) is 0 Å². The van der Waals surface area contributed by atoms with Gasteiger partial charge >= 0.3 is 11.9 Å². The average Bonchev–Trinajstić information content (AvgIpc) is 3.26. The largest absolute Gasteiger partial charge is 0.481 e. The normalized spacial score (nSPS) is 52.7. The molecule has 8 rings (SSSR count). The summed E-state index contributed by atoms with van der Waals surface area (Å²) in [6.45, 7) is 14.2. The highest BCUT2D eigenvalue weighted by atomic mass is 16.8. The van der Waals surface area contributed by atoms with Crippen molar-refractivity contribution < 1.29 is 94.2 Å². The molecule has 3 aliphatic heterocycles. The maximum atomic E-state index is 13.2. The summed E-state index contributed by atoms with van der Waals surface area (Å²) in [6, 6.07) is 0. The fourth-order valence-electron chi connectivity index (χ4n) is 15.1. The van der Waals surface area contributed by atoms with Gasteiger partial charge in [-0.2, -0.15) is 0 Å². The van der Waals surface area contributed by atoms with E-state index in [1.807, 2.05) is 0 Å². The first-order chi connectivity index (χ1) is 31.2. The Bertz CT molecular complexity index is 1870. The maximum absolute atomic E-state index is 13.2. The lowest BCUT2D eigenvalue weighted by atomic mass is 9.33. The van der Waals surface area contributed by atoms with Crippen LogP contribution in [-0.2, 0) is 38.0 Å². The minimum atomic E-state index is -2.12. The van der Waals surface area contributed by atoms with E-state index >= 15 is 0 Å². The summed E-state index contributed by atoms with van der Waals surface area (Å²) in [5.41, 5.74) is -0.618. The number of hydrogen-bond acceptors (Lipinski definition) is 17. The van der Waals surface area contributed by atoms with Crippen molar-refractivity contribution in [3.8, 4) is 0 Å². The molecule has 0 amide bonds. The van der Waals surface area contributed by atoms with Crippen LogP contribution < -0.4 is 0 Å². The van der Waals surface area contributed by atoms with E-state index in [1.54, 1.807) is 0 Å². The highest BCUT2D eigenvalue weighted by molar-refractivity contribution is 5.76. The second kappa shape index (κ2) is 18.0. The maximum Gasteiger partial charge on any atom is 0.335 e. The molecule has 382 valence electrons. The third-order valence-corrected chi connectivity index (χ3v) is 19.3. The van der Waals surface area contributed by atoms with Crippen molar-refractivity contribution in [1.29, 1.82) is 0 Å². The van der Waals surface area contributed by atoms with E-state index < -0.39 is 134 Å². The molecule has 5 aliphatic carbocycles. The van der Waals surface area contributed by atoms with Crippen LogP contribution in [0.25, 0.3) is 0 Å². The first kappa shape index (κ1) is 51.4. The van der Waals surface area contributed by atoms with Crippen molar-refractivity contribution >= 4 is 11.9 Å². The van der Waals surface area contributed by atoms with Crippen LogP contribution in [0.2, 0.25) is 0 Å². The van der Waals surface area contributed by atoms with E-state index in [9.17, 15) is 65.8 Å². The first-order valence-corrected chi connectivity index (χ1v) is 24.3. The lowest BCUT2D eigenvalue weighted by Crippen LogP contribution is -2.68. The first-order valence-electron chi connectivity index (χ1n) is 24.3. The molecule has 8 aliphatic rings. The summed E-state index contributed by atoms with van der Waals surface area (Å²) in [7, 11) is 0. The van der Waals surface area contributed by atoms with Crippen molar-refractivity contribution in [1.82, 2.24) is 0 Å². The minimum Gasteiger partial charge on any atom is -0.481 e. The van der Waals surface area contributed by atoms with Gasteiger partial charge in [-0.25, -0.2) is 4.79 Å². The Kier molecular flexibility index (Phi) is 13.8. The fraction of sp³-hybridized carbons (Fsp3) is 0.917. The monoisotopic (exact) mass is 956 g/mol. The third-order valence-electron chi connectivity index (χ3n) is 19.3. The van der Waals surface area contributed by atoms with Gasteiger partial charge < -0.3 is 84.6 Å². The molecule has 0 aromatic rings. The Morgan fingerprint density at radius 1 is 0.627 bits per heavy atom. The van der Waals surface area contributed by atoms with E-state index in [4.69, 9.17) is 28.4 Å². The molecule has 3 saturated heterocycles. The number of carboxylic acids is 2. The quantitative estimate of drug-likeness (QED) is 0.107. The van der Waals surface area contributed by atoms with Gasteiger partial charge in [0.15, 0.2) is 25.0 Å². The molecule has 23 atom stereocenters. The molecule has 11 N–H and O–H groups in total. The van der Waals surface area contributed by atoms with E-state index in [-0.39, 0.29) is 39.4 Å². The molecule has 2 unspecified atom stereocenters. The zero-order chi connectivity index (χ0) is 49.1. The Morgan fingerprint density at radius 3 is 1.75 bits per heavy atom. The van der Waals surface area contributed by atoms with Gasteiger partial charge in [0.2, 0.25) is 0 Å². The van der Waals surface area contributed by atoms with Crippen LogP contribution in [0.15, 0.2) is 11.6 Å². The summed E-state index contributed by atoms with van der Waals surface area (Å²) in [6.07, 6.45) is -18.3. The summed E-state index contributed by atoms with van der Waals surface area (Å²) in [5, 5.41) is 117. The van der Waals surface area contributed by atoms with Crippen molar-refractivity contribution in [3.05, 3.63) is 11.6 Å². The van der Waals surface area contributed by atoms with Gasteiger partial charge in [-0.05, 0) is 109 Å². The molecule has 4 saturated carbocycles. The highest BCUT2D eigenvalue weighted by Gasteiger charge is 2.70. The SMILES string of the molecule is CC1(C)CC[C@]2(C(=O)O)CC[C@]3(C)C(=CCC4[C@@]5(C)CC[C@H](O[C@@H]6O[C@H](C(=O)O)[C@@H](O)[C@H](O[C@@H]7O[C@H](CO)[C@@H](O)[C@H](O)[C@H]7O)[C@H]6O[C@@H]6O[C@H](CO)[C@@H](O)[C@H](O)[C@H]6O)C(C)(C)C5CC[C@]43C)[C@@H]2C1. The molecule has 0 aromatic heterocycles. The number of aliphatic hydroxyl groups excluding tert-OH is 9. The number of aliphatic carboxylic acids is 2. The number of hydrogen-bond donors (Lipinski definition) is 11. The topological polar surface area (TPSA) is 312 Å². The highest BCUT2D eigenvalue weighted by Crippen LogP contribution is 2.76. The lowest BCUT2D eigenvalue weighted by molar-refractivity contribution is -0.396. The number of carboxylic acid groups (broad SMARTS) is 2. The molecule has 7 fully saturated rings. The van der Waals surface area contributed by atoms with E-state index in [2.05, 4.69) is 54.5 Å². The van der Waals surface area contributed by atoms with Crippen LogP contribution >= 0.6 is 0 Å². The minimum absolute atomic E-state index is 0.0299. The van der Waals surface area contributed by atoms with Gasteiger partial charge in [-0.15, -0.1) is 0 Å². The molecule has 67 heavy (non-hydrogen) atoms. The average molecular weight is 957 g/mol. The zero-order valence-electron chi connectivity index (χ0n) is 39.7. The van der Waals surface area contributed by atoms with E-state index in [0.29, 0.717) is 25.7 Å². The standard InChI is InChI=1S/C48H76O19/c1-43(2)14-16-48(42(60)61)17-15-46(6)21(22(48)18-43)8-9-26-45(5)12-11-27(44(3,4)25(45)10-13-47(26,46)7)64-41-37(67-40-33(56)31(54)29(52)24(20-50)63-40)35(34(57)36(66-41)38(58)59)65-39-32(55)30(53)28(51)23(19-49)62-39/h8,22-37,39-41,49-57H,9-20H2,1-7H3,(H,58,59)(H,60,61)/t22-,23+,24+,25?,26?,27-,28+,29+,30-,31-,32+,33+,34-,35-,36-,37+,39-,40-,41+,45-,46+,47+,48-/m0/s1. The number of aliphatic hydroxyl groups is 9. The number of allylic oxidation sites excluding steroid dienone is 2. The summed E-state index contributed by atoms with van der Waals surface area (Å²) < 4.78 is 36.4.